The number of phenols is 1. The summed E-state index contributed by atoms with van der Waals surface area (Å²) in [5.41, 5.74) is 0.565. The maximum atomic E-state index is 10.9. The minimum Gasteiger partial charge on any atom is -0.507 e. The molecule has 2 aromatic rings. The van der Waals surface area contributed by atoms with E-state index < -0.39 is 5.63 Å². The second-order valence-electron chi connectivity index (χ2n) is 2.87. The number of phenolic OH excluding ortho intramolecular Hbond substituents is 1. The first kappa shape index (κ1) is 8.56. The van der Waals surface area contributed by atoms with Gasteiger partial charge in [-0.05, 0) is 18.2 Å². The fraction of sp³-hybridized carbons (Fsp3) is 0. The number of aromatic hydroxyl groups is 1. The molecule has 70 valence electrons. The molecule has 3 heteroatoms. The second-order valence-corrected chi connectivity index (χ2v) is 2.87. The summed E-state index contributed by atoms with van der Waals surface area (Å²) in [4.78, 5) is 10.9. The van der Waals surface area contributed by atoms with Gasteiger partial charge in [-0.3, -0.25) is 0 Å². The fourth-order valence-corrected chi connectivity index (χ4v) is 1.31. The molecule has 0 saturated carbocycles. The van der Waals surface area contributed by atoms with Crippen molar-refractivity contribution in [1.29, 1.82) is 0 Å². The Labute approximate surface area is 79.9 Å². The highest BCUT2D eigenvalue weighted by Crippen LogP contribution is 2.28. The van der Waals surface area contributed by atoms with Crippen LogP contribution < -0.4 is 5.63 Å². The van der Waals surface area contributed by atoms with Gasteiger partial charge in [0.25, 0.3) is 0 Å². The summed E-state index contributed by atoms with van der Waals surface area (Å²) in [5.74, 6) is 0.0845. The first-order chi connectivity index (χ1) is 6.72. The predicted octanol–water partition coefficient (Wildman–Crippen LogP) is 2.14. The summed E-state index contributed by atoms with van der Waals surface area (Å²) in [6.07, 6.45) is 1.54. The largest absolute Gasteiger partial charge is 0.507 e. The molecule has 1 aromatic carbocycles. The topological polar surface area (TPSA) is 50.4 Å². The monoisotopic (exact) mass is 188 g/mol. The summed E-state index contributed by atoms with van der Waals surface area (Å²) in [5, 5.41) is 10.2. The minimum absolute atomic E-state index is 0.0845. The highest BCUT2D eigenvalue weighted by molar-refractivity contribution is 5.87. The number of rotatable bonds is 1. The molecule has 0 saturated heterocycles. The summed E-state index contributed by atoms with van der Waals surface area (Å²) < 4.78 is 4.89. The molecule has 0 amide bonds. The lowest BCUT2D eigenvalue weighted by Gasteiger charge is -2.02. The van der Waals surface area contributed by atoms with E-state index in [1.165, 1.54) is 12.1 Å². The third kappa shape index (κ3) is 1.19. The van der Waals surface area contributed by atoms with E-state index in [1.807, 2.05) is 0 Å². The molecule has 0 atom stereocenters. The molecule has 3 nitrogen and oxygen atoms in total. The smallest absolute Gasteiger partial charge is 0.336 e. The van der Waals surface area contributed by atoms with Crippen LogP contribution in [0.25, 0.3) is 17.0 Å². The Balaban J connectivity index is 2.90. The van der Waals surface area contributed by atoms with Crippen molar-refractivity contribution < 1.29 is 9.52 Å². The maximum absolute atomic E-state index is 10.9. The average molecular weight is 188 g/mol. The van der Waals surface area contributed by atoms with E-state index in [0.717, 1.165) is 0 Å². The zero-order chi connectivity index (χ0) is 10.1. The van der Waals surface area contributed by atoms with E-state index in [2.05, 4.69) is 6.58 Å². The van der Waals surface area contributed by atoms with Crippen LogP contribution in [0.3, 0.4) is 0 Å². The van der Waals surface area contributed by atoms with Crippen LogP contribution in [0.5, 0.6) is 5.75 Å². The van der Waals surface area contributed by atoms with Gasteiger partial charge in [0.05, 0.1) is 5.39 Å². The van der Waals surface area contributed by atoms with Gasteiger partial charge in [-0.25, -0.2) is 4.79 Å². The highest BCUT2D eigenvalue weighted by Gasteiger charge is 2.05. The molecule has 0 unspecified atom stereocenters. The Kier molecular flexibility index (Phi) is 1.85. The number of hydrogen-bond acceptors (Lipinski definition) is 3. The van der Waals surface area contributed by atoms with Gasteiger partial charge in [-0.1, -0.05) is 12.7 Å². The van der Waals surface area contributed by atoms with Gasteiger partial charge in [0, 0.05) is 11.6 Å². The van der Waals surface area contributed by atoms with Crippen LogP contribution in [-0.2, 0) is 0 Å². The van der Waals surface area contributed by atoms with Gasteiger partial charge < -0.3 is 9.52 Å². The van der Waals surface area contributed by atoms with Crippen molar-refractivity contribution in [2.75, 3.05) is 0 Å². The van der Waals surface area contributed by atoms with Crippen LogP contribution in [0.1, 0.15) is 5.56 Å². The SMILES string of the molecule is C=Cc1ccc2oc(=O)ccc2c1O. The van der Waals surface area contributed by atoms with Crippen molar-refractivity contribution in [1.82, 2.24) is 0 Å². The Bertz CT molecular complexity index is 552. The average Bonchev–Trinajstić information content (AvgIpc) is 2.18. The molecule has 0 aliphatic heterocycles. The van der Waals surface area contributed by atoms with E-state index in [1.54, 1.807) is 18.2 Å². The third-order valence-electron chi connectivity index (χ3n) is 2.02. The molecular formula is C11H8O3. The number of hydrogen-bond donors (Lipinski definition) is 1. The van der Waals surface area contributed by atoms with Crippen LogP contribution in [0.15, 0.2) is 40.1 Å². The van der Waals surface area contributed by atoms with Crippen molar-refractivity contribution in [2.45, 2.75) is 0 Å². The highest BCUT2D eigenvalue weighted by atomic mass is 16.4. The van der Waals surface area contributed by atoms with Crippen LogP contribution in [-0.4, -0.2) is 5.11 Å². The van der Waals surface area contributed by atoms with Crippen LogP contribution in [0.4, 0.5) is 0 Å². The Morgan fingerprint density at radius 2 is 2.07 bits per heavy atom. The minimum atomic E-state index is -0.428. The van der Waals surface area contributed by atoms with Crippen molar-refractivity contribution in [3.05, 3.63) is 46.8 Å². The van der Waals surface area contributed by atoms with Gasteiger partial charge in [0.1, 0.15) is 11.3 Å². The number of benzene rings is 1. The van der Waals surface area contributed by atoms with Gasteiger partial charge in [0.15, 0.2) is 0 Å². The quantitative estimate of drug-likeness (QED) is 0.697. The Morgan fingerprint density at radius 1 is 1.29 bits per heavy atom. The summed E-state index contributed by atoms with van der Waals surface area (Å²) in [6, 6.07) is 6.08. The molecule has 0 radical (unpaired) electrons. The molecule has 0 spiro atoms. The number of fused-ring (bicyclic) bond motifs is 1. The van der Waals surface area contributed by atoms with Crippen LogP contribution in [0.2, 0.25) is 0 Å². The standard InChI is InChI=1S/C11H8O3/c1-2-7-3-5-9-8(11(7)13)4-6-10(12)14-9/h2-6,13H,1H2. The second kappa shape index (κ2) is 3.03. The van der Waals surface area contributed by atoms with Crippen LogP contribution in [0, 0.1) is 0 Å². The Hall–Kier alpha value is -2.03. The van der Waals surface area contributed by atoms with Crippen molar-refractivity contribution in [2.24, 2.45) is 0 Å². The fourth-order valence-electron chi connectivity index (χ4n) is 1.31. The summed E-state index contributed by atoms with van der Waals surface area (Å²) >= 11 is 0. The molecule has 1 heterocycles. The normalized spacial score (nSPS) is 10.3. The molecular weight excluding hydrogens is 180 g/mol. The third-order valence-corrected chi connectivity index (χ3v) is 2.02. The van der Waals surface area contributed by atoms with E-state index in [9.17, 15) is 9.90 Å². The van der Waals surface area contributed by atoms with Crippen molar-refractivity contribution in [3.8, 4) is 5.75 Å². The molecule has 1 aromatic heterocycles. The van der Waals surface area contributed by atoms with Crippen molar-refractivity contribution >= 4 is 17.0 Å². The van der Waals surface area contributed by atoms with E-state index in [-0.39, 0.29) is 5.75 Å². The first-order valence-electron chi connectivity index (χ1n) is 4.10. The predicted molar refractivity (Wildman–Crippen MR) is 54.2 cm³/mol. The van der Waals surface area contributed by atoms with Gasteiger partial charge in [-0.2, -0.15) is 0 Å². The first-order valence-corrected chi connectivity index (χ1v) is 4.10. The van der Waals surface area contributed by atoms with E-state index >= 15 is 0 Å². The zero-order valence-corrected chi connectivity index (χ0v) is 7.36. The molecule has 0 aliphatic rings. The zero-order valence-electron chi connectivity index (χ0n) is 7.36. The molecule has 14 heavy (non-hydrogen) atoms. The summed E-state index contributed by atoms with van der Waals surface area (Å²) in [7, 11) is 0. The lowest BCUT2D eigenvalue weighted by molar-refractivity contribution is 0.477. The van der Waals surface area contributed by atoms with Gasteiger partial charge >= 0.3 is 5.63 Å². The molecule has 0 bridgehead atoms. The van der Waals surface area contributed by atoms with Crippen LogP contribution >= 0.6 is 0 Å². The van der Waals surface area contributed by atoms with Gasteiger partial charge in [-0.15, -0.1) is 0 Å². The molecule has 2 rings (SSSR count). The molecule has 1 N–H and O–H groups in total. The maximum Gasteiger partial charge on any atom is 0.336 e. The van der Waals surface area contributed by atoms with Gasteiger partial charge in [0.2, 0.25) is 0 Å². The molecule has 0 aliphatic carbocycles. The lowest BCUT2D eigenvalue weighted by Crippen LogP contribution is -1.94. The van der Waals surface area contributed by atoms with E-state index in [0.29, 0.717) is 16.5 Å². The Morgan fingerprint density at radius 3 is 2.79 bits per heavy atom. The van der Waals surface area contributed by atoms with Crippen molar-refractivity contribution in [3.63, 3.8) is 0 Å². The summed E-state index contributed by atoms with van der Waals surface area (Å²) in [6.45, 7) is 3.56. The van der Waals surface area contributed by atoms with E-state index in [4.69, 9.17) is 4.42 Å². The molecule has 0 fully saturated rings. The lowest BCUT2D eigenvalue weighted by atomic mass is 10.1.